The second-order valence-corrected chi connectivity index (χ2v) is 5.68. The zero-order valence-corrected chi connectivity index (χ0v) is 11.5. The quantitative estimate of drug-likeness (QED) is 0.799. The summed E-state index contributed by atoms with van der Waals surface area (Å²) in [5.74, 6) is 0.744. The van der Waals surface area contributed by atoms with Gasteiger partial charge in [-0.3, -0.25) is 0 Å². The Hall–Kier alpha value is -1.38. The molecule has 2 rings (SSSR count). The average molecular weight is 248 g/mol. The number of ether oxygens (including phenoxy) is 1. The molecule has 0 saturated heterocycles. The molecule has 0 radical (unpaired) electrons. The lowest BCUT2D eigenvalue weighted by atomic mass is 9.76. The van der Waals surface area contributed by atoms with Crippen molar-refractivity contribution in [3.05, 3.63) is 18.2 Å². The summed E-state index contributed by atoms with van der Waals surface area (Å²) in [6, 6.07) is 5.88. The first kappa shape index (κ1) is 13.1. The first-order valence-corrected chi connectivity index (χ1v) is 6.80. The van der Waals surface area contributed by atoms with Crippen molar-refractivity contribution < 1.29 is 4.74 Å². The second-order valence-electron chi connectivity index (χ2n) is 5.68. The molecule has 0 spiro atoms. The molecule has 1 aliphatic carbocycles. The highest BCUT2D eigenvalue weighted by atomic mass is 16.5. The van der Waals surface area contributed by atoms with Gasteiger partial charge in [0.2, 0.25) is 0 Å². The normalized spacial score (nSPS) is 18.3. The number of nitrogens with one attached hydrogen (secondary N) is 1. The third kappa shape index (κ3) is 3.09. The van der Waals surface area contributed by atoms with Gasteiger partial charge in [0.05, 0.1) is 12.8 Å². The monoisotopic (exact) mass is 248 g/mol. The summed E-state index contributed by atoms with van der Waals surface area (Å²) in [7, 11) is 1.65. The fourth-order valence-electron chi connectivity index (χ4n) is 2.72. The van der Waals surface area contributed by atoms with Gasteiger partial charge in [-0.15, -0.1) is 0 Å². The molecule has 1 aromatic carbocycles. The molecule has 0 amide bonds. The molecule has 0 bridgehead atoms. The van der Waals surface area contributed by atoms with E-state index in [9.17, 15) is 0 Å². The van der Waals surface area contributed by atoms with Crippen LogP contribution in [0, 0.1) is 5.41 Å². The number of methoxy groups -OCH3 is 1. The summed E-state index contributed by atoms with van der Waals surface area (Å²) in [5.41, 5.74) is 8.03. The van der Waals surface area contributed by atoms with Crippen LogP contribution < -0.4 is 15.8 Å². The van der Waals surface area contributed by atoms with Crippen LogP contribution in [0.25, 0.3) is 0 Å². The first-order valence-electron chi connectivity index (χ1n) is 6.80. The number of benzene rings is 1. The Labute approximate surface area is 110 Å². The van der Waals surface area contributed by atoms with Crippen molar-refractivity contribution >= 4 is 11.4 Å². The summed E-state index contributed by atoms with van der Waals surface area (Å²) < 4.78 is 5.24. The first-order chi connectivity index (χ1) is 8.63. The molecule has 3 heteroatoms. The number of nitrogens with two attached hydrogens (primary N) is 1. The molecule has 1 fully saturated rings. The molecular formula is C15H24N2O. The minimum absolute atomic E-state index is 0.437. The summed E-state index contributed by atoms with van der Waals surface area (Å²) in [6.45, 7) is 3.41. The van der Waals surface area contributed by atoms with E-state index in [0.717, 1.165) is 18.0 Å². The molecule has 0 unspecified atom stereocenters. The minimum atomic E-state index is 0.437. The van der Waals surface area contributed by atoms with E-state index >= 15 is 0 Å². The van der Waals surface area contributed by atoms with Crippen LogP contribution >= 0.6 is 0 Å². The molecule has 0 aromatic heterocycles. The van der Waals surface area contributed by atoms with Gasteiger partial charge in [0.1, 0.15) is 5.75 Å². The highest BCUT2D eigenvalue weighted by Gasteiger charge is 2.26. The van der Waals surface area contributed by atoms with Crippen LogP contribution in [0.3, 0.4) is 0 Å². The predicted molar refractivity (Wildman–Crippen MR) is 77.1 cm³/mol. The molecule has 0 atom stereocenters. The highest BCUT2D eigenvalue weighted by Crippen LogP contribution is 2.36. The summed E-state index contributed by atoms with van der Waals surface area (Å²) in [4.78, 5) is 0. The second kappa shape index (κ2) is 5.51. The van der Waals surface area contributed by atoms with Crippen LogP contribution in [-0.4, -0.2) is 13.7 Å². The lowest BCUT2D eigenvalue weighted by Gasteiger charge is -2.34. The molecule has 0 heterocycles. The van der Waals surface area contributed by atoms with Crippen molar-refractivity contribution in [2.75, 3.05) is 24.7 Å². The molecule has 1 aromatic rings. The Morgan fingerprint density at radius 1 is 1.28 bits per heavy atom. The Morgan fingerprint density at radius 2 is 2.00 bits per heavy atom. The number of rotatable bonds is 4. The van der Waals surface area contributed by atoms with Gasteiger partial charge in [-0.05, 0) is 30.4 Å². The lowest BCUT2D eigenvalue weighted by molar-refractivity contribution is 0.233. The Morgan fingerprint density at radius 3 is 2.67 bits per heavy atom. The Balaban J connectivity index is 1.97. The standard InChI is InChI=1S/C15H24N2O/c1-15(8-4-3-5-9-15)11-17-12-6-7-13(16)14(10-12)18-2/h6-7,10,17H,3-5,8-9,11,16H2,1-2H3. The smallest absolute Gasteiger partial charge is 0.143 e. The van der Waals surface area contributed by atoms with Crippen LogP contribution in [0.15, 0.2) is 18.2 Å². The number of anilines is 2. The van der Waals surface area contributed by atoms with Gasteiger partial charge in [-0.1, -0.05) is 26.2 Å². The number of hydrogen-bond donors (Lipinski definition) is 2. The fraction of sp³-hybridized carbons (Fsp3) is 0.600. The van der Waals surface area contributed by atoms with Crippen molar-refractivity contribution in [3.8, 4) is 5.75 Å². The van der Waals surface area contributed by atoms with Crippen molar-refractivity contribution in [1.82, 2.24) is 0 Å². The van der Waals surface area contributed by atoms with Gasteiger partial charge < -0.3 is 15.8 Å². The van der Waals surface area contributed by atoms with E-state index in [1.807, 2.05) is 18.2 Å². The van der Waals surface area contributed by atoms with E-state index in [1.165, 1.54) is 32.1 Å². The van der Waals surface area contributed by atoms with Crippen molar-refractivity contribution in [2.45, 2.75) is 39.0 Å². The summed E-state index contributed by atoms with van der Waals surface area (Å²) >= 11 is 0. The molecule has 0 aliphatic heterocycles. The zero-order chi connectivity index (χ0) is 13.0. The van der Waals surface area contributed by atoms with Gasteiger partial charge in [-0.25, -0.2) is 0 Å². The summed E-state index contributed by atoms with van der Waals surface area (Å²) in [6.07, 6.45) is 6.77. The maximum atomic E-state index is 5.81. The van der Waals surface area contributed by atoms with Gasteiger partial charge in [-0.2, -0.15) is 0 Å². The van der Waals surface area contributed by atoms with E-state index in [2.05, 4.69) is 12.2 Å². The number of nitrogen functional groups attached to an aromatic ring is 1. The Kier molecular flexibility index (Phi) is 4.00. The third-order valence-corrected chi connectivity index (χ3v) is 4.01. The van der Waals surface area contributed by atoms with E-state index in [4.69, 9.17) is 10.5 Å². The average Bonchev–Trinajstić information content (AvgIpc) is 2.39. The summed E-state index contributed by atoms with van der Waals surface area (Å²) in [5, 5.41) is 3.52. The van der Waals surface area contributed by atoms with Crippen LogP contribution in [0.1, 0.15) is 39.0 Å². The van der Waals surface area contributed by atoms with Crippen LogP contribution in [0.5, 0.6) is 5.75 Å². The Bertz CT molecular complexity index is 397. The molecule has 1 aliphatic rings. The SMILES string of the molecule is COc1cc(NCC2(C)CCCCC2)ccc1N. The van der Waals surface area contributed by atoms with Gasteiger partial charge in [0.15, 0.2) is 0 Å². The molecule has 100 valence electrons. The highest BCUT2D eigenvalue weighted by molar-refractivity contribution is 5.61. The minimum Gasteiger partial charge on any atom is -0.495 e. The van der Waals surface area contributed by atoms with Crippen molar-refractivity contribution in [3.63, 3.8) is 0 Å². The lowest BCUT2D eigenvalue weighted by Crippen LogP contribution is -2.28. The van der Waals surface area contributed by atoms with Crippen LogP contribution in [-0.2, 0) is 0 Å². The molecule has 1 saturated carbocycles. The molecular weight excluding hydrogens is 224 g/mol. The zero-order valence-electron chi connectivity index (χ0n) is 11.5. The van der Waals surface area contributed by atoms with Crippen LogP contribution in [0.4, 0.5) is 11.4 Å². The largest absolute Gasteiger partial charge is 0.495 e. The predicted octanol–water partition coefficient (Wildman–Crippen LogP) is 3.66. The third-order valence-electron chi connectivity index (χ3n) is 4.01. The van der Waals surface area contributed by atoms with Gasteiger partial charge in [0.25, 0.3) is 0 Å². The molecule has 18 heavy (non-hydrogen) atoms. The molecule has 3 nitrogen and oxygen atoms in total. The van der Waals surface area contributed by atoms with E-state index in [-0.39, 0.29) is 0 Å². The van der Waals surface area contributed by atoms with Gasteiger partial charge >= 0.3 is 0 Å². The van der Waals surface area contributed by atoms with Crippen molar-refractivity contribution in [2.24, 2.45) is 5.41 Å². The maximum absolute atomic E-state index is 5.81. The van der Waals surface area contributed by atoms with E-state index < -0.39 is 0 Å². The van der Waals surface area contributed by atoms with Crippen molar-refractivity contribution in [1.29, 1.82) is 0 Å². The van der Waals surface area contributed by atoms with Gasteiger partial charge in [0, 0.05) is 18.3 Å². The maximum Gasteiger partial charge on any atom is 0.143 e. The van der Waals surface area contributed by atoms with Crippen LogP contribution in [0.2, 0.25) is 0 Å². The fourth-order valence-corrected chi connectivity index (χ4v) is 2.72. The molecule has 3 N–H and O–H groups in total. The van der Waals surface area contributed by atoms with E-state index in [0.29, 0.717) is 11.1 Å². The topological polar surface area (TPSA) is 47.3 Å². The van der Waals surface area contributed by atoms with E-state index in [1.54, 1.807) is 7.11 Å². The number of hydrogen-bond acceptors (Lipinski definition) is 3.